The lowest BCUT2D eigenvalue weighted by molar-refractivity contribution is 0.521. The average molecular weight is 193 g/mol. The van der Waals surface area contributed by atoms with Crippen molar-refractivity contribution in [3.8, 4) is 0 Å². The van der Waals surface area contributed by atoms with Crippen LogP contribution in [-0.2, 0) is 10.0 Å². The quantitative estimate of drug-likeness (QED) is 0.650. The van der Waals surface area contributed by atoms with Gasteiger partial charge in [0.05, 0.1) is 5.75 Å². The van der Waals surface area contributed by atoms with Crippen LogP contribution in [0.3, 0.4) is 0 Å². The second-order valence-corrected chi connectivity index (χ2v) is 5.09. The van der Waals surface area contributed by atoms with Gasteiger partial charge in [0.15, 0.2) is 0 Å². The molecule has 0 aromatic heterocycles. The Morgan fingerprint density at radius 1 is 1.33 bits per heavy atom. The highest BCUT2D eigenvalue weighted by Crippen LogP contribution is 2.10. The highest BCUT2D eigenvalue weighted by molar-refractivity contribution is 7.89. The molecule has 0 radical (unpaired) electrons. The predicted molar refractivity (Wildman–Crippen MR) is 51.3 cm³/mol. The third-order valence-corrected chi connectivity index (χ3v) is 2.85. The monoisotopic (exact) mass is 193 g/mol. The number of hydrogen-bond acceptors (Lipinski definition) is 2. The van der Waals surface area contributed by atoms with Crippen molar-refractivity contribution in [1.82, 2.24) is 0 Å². The van der Waals surface area contributed by atoms with Crippen LogP contribution in [0.4, 0.5) is 0 Å². The van der Waals surface area contributed by atoms with Crippen molar-refractivity contribution in [2.45, 2.75) is 39.5 Å². The van der Waals surface area contributed by atoms with Gasteiger partial charge in [0, 0.05) is 0 Å². The van der Waals surface area contributed by atoms with Crippen LogP contribution in [0.25, 0.3) is 0 Å². The number of primary sulfonamides is 1. The molecule has 0 aromatic rings. The number of rotatable bonds is 6. The van der Waals surface area contributed by atoms with E-state index < -0.39 is 10.0 Å². The molecular formula is C8H19NO2S. The molecule has 0 aliphatic carbocycles. The lowest BCUT2D eigenvalue weighted by Gasteiger charge is -2.08. The van der Waals surface area contributed by atoms with Gasteiger partial charge >= 0.3 is 0 Å². The van der Waals surface area contributed by atoms with Gasteiger partial charge in [-0.25, -0.2) is 13.6 Å². The fraction of sp³-hybridized carbons (Fsp3) is 1.00. The molecule has 0 aromatic carbocycles. The molecule has 0 bridgehead atoms. The summed E-state index contributed by atoms with van der Waals surface area (Å²) in [6.07, 6.45) is 4.41. The first-order valence-corrected chi connectivity index (χ1v) is 6.17. The third kappa shape index (κ3) is 8.01. The van der Waals surface area contributed by atoms with Crippen LogP contribution in [0.5, 0.6) is 0 Å². The topological polar surface area (TPSA) is 60.2 Å². The minimum atomic E-state index is -3.26. The zero-order valence-corrected chi connectivity index (χ0v) is 8.73. The molecule has 4 heteroatoms. The molecular weight excluding hydrogens is 174 g/mol. The van der Waals surface area contributed by atoms with Crippen molar-refractivity contribution in [2.75, 3.05) is 5.75 Å². The molecule has 0 heterocycles. The number of hydrogen-bond donors (Lipinski definition) is 1. The van der Waals surface area contributed by atoms with E-state index in [2.05, 4.69) is 6.92 Å². The molecule has 1 atom stereocenters. The number of nitrogens with two attached hydrogens (primary N) is 1. The zero-order chi connectivity index (χ0) is 9.61. The van der Waals surface area contributed by atoms with Gasteiger partial charge in [0.1, 0.15) is 0 Å². The Bertz CT molecular complexity index is 199. The van der Waals surface area contributed by atoms with E-state index in [0.717, 1.165) is 12.8 Å². The summed E-state index contributed by atoms with van der Waals surface area (Å²) in [7, 11) is -3.26. The largest absolute Gasteiger partial charge is 0.229 e. The molecule has 0 aliphatic heterocycles. The van der Waals surface area contributed by atoms with Gasteiger partial charge in [-0.15, -0.1) is 0 Å². The van der Waals surface area contributed by atoms with Gasteiger partial charge in [0.25, 0.3) is 0 Å². The Balaban J connectivity index is 3.53. The lowest BCUT2D eigenvalue weighted by atomic mass is 10.1. The van der Waals surface area contributed by atoms with Crippen LogP contribution in [0.1, 0.15) is 39.5 Å². The Morgan fingerprint density at radius 3 is 2.33 bits per heavy atom. The molecule has 12 heavy (non-hydrogen) atoms. The van der Waals surface area contributed by atoms with Crippen molar-refractivity contribution in [3.63, 3.8) is 0 Å². The molecule has 0 spiro atoms. The van der Waals surface area contributed by atoms with Crippen LogP contribution in [0.2, 0.25) is 0 Å². The van der Waals surface area contributed by atoms with E-state index in [9.17, 15) is 8.42 Å². The molecule has 2 N–H and O–H groups in total. The van der Waals surface area contributed by atoms with E-state index in [1.54, 1.807) is 0 Å². The summed E-state index contributed by atoms with van der Waals surface area (Å²) in [6.45, 7) is 4.06. The summed E-state index contributed by atoms with van der Waals surface area (Å²) in [5.74, 6) is 0.322. The van der Waals surface area contributed by atoms with Gasteiger partial charge in [-0.2, -0.15) is 0 Å². The van der Waals surface area contributed by atoms with Crippen molar-refractivity contribution in [2.24, 2.45) is 11.1 Å². The molecule has 0 aliphatic rings. The average Bonchev–Trinajstić information content (AvgIpc) is 1.84. The van der Waals surface area contributed by atoms with Gasteiger partial charge < -0.3 is 0 Å². The van der Waals surface area contributed by atoms with Crippen molar-refractivity contribution in [3.05, 3.63) is 0 Å². The van der Waals surface area contributed by atoms with E-state index in [-0.39, 0.29) is 11.7 Å². The molecule has 3 nitrogen and oxygen atoms in total. The molecule has 0 saturated carbocycles. The maximum atomic E-state index is 10.7. The Hall–Kier alpha value is -0.0900. The fourth-order valence-corrected chi connectivity index (χ4v) is 2.18. The van der Waals surface area contributed by atoms with E-state index in [0.29, 0.717) is 0 Å². The van der Waals surface area contributed by atoms with E-state index in [4.69, 9.17) is 5.14 Å². The van der Waals surface area contributed by atoms with Crippen LogP contribution in [-0.4, -0.2) is 14.2 Å². The molecule has 74 valence electrons. The normalized spacial score (nSPS) is 14.6. The summed E-state index contributed by atoms with van der Waals surface area (Å²) in [5.41, 5.74) is 0. The van der Waals surface area contributed by atoms with Crippen molar-refractivity contribution in [1.29, 1.82) is 0 Å². The smallest absolute Gasteiger partial charge is 0.209 e. The first-order valence-electron chi connectivity index (χ1n) is 4.46. The Labute approximate surface area is 75.4 Å². The van der Waals surface area contributed by atoms with Gasteiger partial charge in [-0.1, -0.05) is 33.1 Å². The van der Waals surface area contributed by atoms with Gasteiger partial charge in [-0.05, 0) is 12.3 Å². The van der Waals surface area contributed by atoms with Crippen LogP contribution in [0, 0.1) is 5.92 Å². The van der Waals surface area contributed by atoms with Crippen LogP contribution in [0.15, 0.2) is 0 Å². The summed E-state index contributed by atoms with van der Waals surface area (Å²) < 4.78 is 21.3. The SMILES string of the molecule is CCCCCC(C)CS(N)(=O)=O. The standard InChI is InChI=1S/C8H19NO2S/c1-3-4-5-6-8(2)7-12(9,10)11/h8H,3-7H2,1-2H3,(H2,9,10,11). The van der Waals surface area contributed by atoms with Gasteiger partial charge in [-0.3, -0.25) is 0 Å². The first kappa shape index (κ1) is 11.9. The molecule has 0 rings (SSSR count). The van der Waals surface area contributed by atoms with Crippen LogP contribution >= 0.6 is 0 Å². The summed E-state index contributed by atoms with van der Waals surface area (Å²) >= 11 is 0. The minimum Gasteiger partial charge on any atom is -0.229 e. The Kier molecular flexibility index (Phi) is 5.50. The molecule has 0 fully saturated rings. The zero-order valence-electron chi connectivity index (χ0n) is 7.91. The van der Waals surface area contributed by atoms with E-state index >= 15 is 0 Å². The third-order valence-electron chi connectivity index (χ3n) is 1.82. The maximum absolute atomic E-state index is 10.7. The van der Waals surface area contributed by atoms with E-state index in [1.165, 1.54) is 12.8 Å². The first-order chi connectivity index (χ1) is 5.45. The van der Waals surface area contributed by atoms with Crippen molar-refractivity contribution < 1.29 is 8.42 Å². The summed E-state index contributed by atoms with van der Waals surface area (Å²) in [4.78, 5) is 0. The van der Waals surface area contributed by atoms with Gasteiger partial charge in [0.2, 0.25) is 10.0 Å². The number of unbranched alkanes of at least 4 members (excludes halogenated alkanes) is 2. The minimum absolute atomic E-state index is 0.122. The van der Waals surface area contributed by atoms with E-state index in [1.807, 2.05) is 6.92 Å². The molecule has 0 amide bonds. The Morgan fingerprint density at radius 2 is 1.92 bits per heavy atom. The summed E-state index contributed by atoms with van der Waals surface area (Å²) in [5, 5.41) is 4.91. The van der Waals surface area contributed by atoms with Crippen LogP contribution < -0.4 is 5.14 Å². The highest BCUT2D eigenvalue weighted by atomic mass is 32.2. The second kappa shape index (κ2) is 5.54. The second-order valence-electron chi connectivity index (χ2n) is 3.43. The maximum Gasteiger partial charge on any atom is 0.209 e. The lowest BCUT2D eigenvalue weighted by Crippen LogP contribution is -2.21. The number of sulfonamides is 1. The molecule has 1 unspecified atom stereocenters. The molecule has 0 saturated heterocycles. The van der Waals surface area contributed by atoms with Crippen molar-refractivity contribution >= 4 is 10.0 Å². The summed E-state index contributed by atoms with van der Waals surface area (Å²) in [6, 6.07) is 0. The highest BCUT2D eigenvalue weighted by Gasteiger charge is 2.09. The predicted octanol–water partition coefficient (Wildman–Crippen LogP) is 1.49. The fourth-order valence-electron chi connectivity index (χ4n) is 1.22.